The molecular weight excluding hydrogens is 381 g/mol. The molecular formula is C20H22FN3O3S. The Morgan fingerprint density at radius 2 is 1.79 bits per heavy atom. The second kappa shape index (κ2) is 9.05. The first-order valence-corrected chi connectivity index (χ1v) is 10.1. The second-order valence-electron chi connectivity index (χ2n) is 6.62. The Hall–Kier alpha value is -2.61. The molecule has 0 saturated carbocycles. The summed E-state index contributed by atoms with van der Waals surface area (Å²) in [7, 11) is 0. The highest BCUT2D eigenvalue weighted by Crippen LogP contribution is 2.30. The summed E-state index contributed by atoms with van der Waals surface area (Å²) in [5.41, 5.74) is 1.60. The lowest BCUT2D eigenvalue weighted by Crippen LogP contribution is -2.49. The Bertz CT molecular complexity index is 839. The number of amides is 1. The summed E-state index contributed by atoms with van der Waals surface area (Å²) in [6.45, 7) is 4.46. The van der Waals surface area contributed by atoms with Crippen LogP contribution in [0.15, 0.2) is 48.5 Å². The summed E-state index contributed by atoms with van der Waals surface area (Å²) in [5.74, 6) is 0.121. The fourth-order valence-electron chi connectivity index (χ4n) is 3.18. The number of benzene rings is 2. The van der Waals surface area contributed by atoms with E-state index in [1.54, 1.807) is 30.3 Å². The fraction of sp³-hybridized carbons (Fsp3) is 0.350. The third-order valence-electron chi connectivity index (χ3n) is 4.86. The van der Waals surface area contributed by atoms with Crippen LogP contribution >= 0.6 is 11.8 Å². The Morgan fingerprint density at radius 1 is 1.14 bits per heavy atom. The normalized spacial score (nSPS) is 15.4. The predicted octanol–water partition coefficient (Wildman–Crippen LogP) is 3.88. The molecule has 8 heteroatoms. The van der Waals surface area contributed by atoms with E-state index in [0.29, 0.717) is 37.5 Å². The van der Waals surface area contributed by atoms with Gasteiger partial charge in [0.15, 0.2) is 0 Å². The second-order valence-corrected chi connectivity index (χ2v) is 7.95. The maximum Gasteiger partial charge on any atom is 0.269 e. The number of nitro benzene ring substituents is 1. The van der Waals surface area contributed by atoms with E-state index in [-0.39, 0.29) is 22.7 Å². The Balaban J connectivity index is 1.48. The lowest BCUT2D eigenvalue weighted by atomic mass is 10.1. The van der Waals surface area contributed by atoms with Crippen molar-refractivity contribution in [2.24, 2.45) is 0 Å². The number of halogens is 1. The van der Waals surface area contributed by atoms with Crippen LogP contribution in [0.1, 0.15) is 17.7 Å². The molecule has 0 spiro atoms. The number of rotatable bonds is 6. The van der Waals surface area contributed by atoms with Gasteiger partial charge in [-0.1, -0.05) is 18.2 Å². The van der Waals surface area contributed by atoms with E-state index in [0.717, 1.165) is 5.69 Å². The lowest BCUT2D eigenvalue weighted by molar-refractivity contribution is -0.384. The van der Waals surface area contributed by atoms with Gasteiger partial charge >= 0.3 is 0 Å². The average molecular weight is 403 g/mol. The zero-order valence-electron chi connectivity index (χ0n) is 15.6. The van der Waals surface area contributed by atoms with Gasteiger partial charge in [0.1, 0.15) is 5.82 Å². The molecule has 1 aliphatic heterocycles. The van der Waals surface area contributed by atoms with Crippen LogP contribution in [0.5, 0.6) is 0 Å². The Morgan fingerprint density at radius 3 is 2.39 bits per heavy atom. The number of anilines is 1. The minimum atomic E-state index is -0.416. The van der Waals surface area contributed by atoms with Gasteiger partial charge in [-0.25, -0.2) is 4.39 Å². The first kappa shape index (κ1) is 20.1. The van der Waals surface area contributed by atoms with Crippen molar-refractivity contribution in [3.05, 3.63) is 70.0 Å². The number of hydrogen-bond acceptors (Lipinski definition) is 5. The van der Waals surface area contributed by atoms with E-state index in [1.807, 2.05) is 11.8 Å². The minimum Gasteiger partial charge on any atom is -0.368 e. The van der Waals surface area contributed by atoms with Gasteiger partial charge in [-0.15, -0.1) is 11.8 Å². The molecule has 0 N–H and O–H groups in total. The van der Waals surface area contributed by atoms with E-state index in [9.17, 15) is 19.3 Å². The van der Waals surface area contributed by atoms with Gasteiger partial charge in [-0.05, 0) is 25.1 Å². The minimum absolute atomic E-state index is 0.0524. The van der Waals surface area contributed by atoms with Crippen molar-refractivity contribution in [2.45, 2.75) is 12.2 Å². The largest absolute Gasteiger partial charge is 0.368 e. The molecule has 1 unspecified atom stereocenters. The van der Waals surface area contributed by atoms with Crippen molar-refractivity contribution in [3.63, 3.8) is 0 Å². The first-order chi connectivity index (χ1) is 13.5. The van der Waals surface area contributed by atoms with Crippen LogP contribution in [0.4, 0.5) is 15.8 Å². The van der Waals surface area contributed by atoms with Crippen LogP contribution in [-0.2, 0) is 4.79 Å². The van der Waals surface area contributed by atoms with E-state index >= 15 is 0 Å². The smallest absolute Gasteiger partial charge is 0.269 e. The molecule has 3 rings (SSSR count). The van der Waals surface area contributed by atoms with E-state index < -0.39 is 4.92 Å². The maximum absolute atomic E-state index is 13.8. The SMILES string of the molecule is CC(SCC(=O)N1CCN(c2ccc([N+](=O)[O-])cc2)CC1)c1ccccc1F. The number of thioether (sulfide) groups is 1. The van der Waals surface area contributed by atoms with Gasteiger partial charge < -0.3 is 9.80 Å². The van der Waals surface area contributed by atoms with E-state index in [2.05, 4.69) is 4.90 Å². The van der Waals surface area contributed by atoms with Crippen LogP contribution in [0.3, 0.4) is 0 Å². The monoisotopic (exact) mass is 403 g/mol. The number of carbonyl (C=O) groups excluding carboxylic acids is 1. The summed E-state index contributed by atoms with van der Waals surface area (Å²) in [4.78, 5) is 26.8. The van der Waals surface area contributed by atoms with Crippen molar-refractivity contribution in [2.75, 3.05) is 36.8 Å². The molecule has 1 saturated heterocycles. The highest BCUT2D eigenvalue weighted by molar-refractivity contribution is 8.00. The summed E-state index contributed by atoms with van der Waals surface area (Å²) >= 11 is 1.44. The van der Waals surface area contributed by atoms with Crippen LogP contribution in [0.2, 0.25) is 0 Å². The number of carbonyl (C=O) groups is 1. The first-order valence-electron chi connectivity index (χ1n) is 9.09. The quantitative estimate of drug-likeness (QED) is 0.541. The van der Waals surface area contributed by atoms with Crippen molar-refractivity contribution in [1.82, 2.24) is 4.90 Å². The standard InChI is InChI=1S/C20H22FN3O3S/c1-15(18-4-2-3-5-19(18)21)28-14-20(25)23-12-10-22(11-13-23)16-6-8-17(9-7-16)24(26)27/h2-9,15H,10-14H2,1H3. The van der Waals surface area contributed by atoms with Crippen LogP contribution in [0, 0.1) is 15.9 Å². The van der Waals surface area contributed by atoms with E-state index in [1.165, 1.54) is 30.0 Å². The molecule has 1 atom stereocenters. The fourth-order valence-corrected chi connectivity index (χ4v) is 4.13. The summed E-state index contributed by atoms with van der Waals surface area (Å²) in [5, 5.41) is 10.7. The molecule has 1 heterocycles. The summed E-state index contributed by atoms with van der Waals surface area (Å²) in [6.07, 6.45) is 0. The molecule has 1 amide bonds. The van der Waals surface area contributed by atoms with Crippen LogP contribution in [-0.4, -0.2) is 47.7 Å². The predicted molar refractivity (Wildman–Crippen MR) is 109 cm³/mol. The third-order valence-corrected chi connectivity index (χ3v) is 6.03. The molecule has 1 fully saturated rings. The molecule has 148 valence electrons. The number of non-ortho nitro benzene ring substituents is 1. The van der Waals surface area contributed by atoms with Crippen LogP contribution in [0.25, 0.3) is 0 Å². The van der Waals surface area contributed by atoms with Gasteiger partial charge in [0.25, 0.3) is 5.69 Å². The molecule has 0 radical (unpaired) electrons. The van der Waals surface area contributed by atoms with Gasteiger partial charge in [-0.3, -0.25) is 14.9 Å². The van der Waals surface area contributed by atoms with Gasteiger partial charge in [0.2, 0.25) is 5.91 Å². The van der Waals surface area contributed by atoms with Crippen molar-refractivity contribution < 1.29 is 14.1 Å². The summed E-state index contributed by atoms with van der Waals surface area (Å²) < 4.78 is 13.8. The number of hydrogen-bond donors (Lipinski definition) is 0. The van der Waals surface area contributed by atoms with E-state index in [4.69, 9.17) is 0 Å². The Labute approximate surface area is 167 Å². The molecule has 2 aromatic carbocycles. The van der Waals surface area contributed by atoms with Gasteiger partial charge in [0, 0.05) is 54.8 Å². The van der Waals surface area contributed by atoms with Crippen LogP contribution < -0.4 is 4.90 Å². The highest BCUT2D eigenvalue weighted by atomic mass is 32.2. The number of piperazine rings is 1. The average Bonchev–Trinajstić information content (AvgIpc) is 2.72. The summed E-state index contributed by atoms with van der Waals surface area (Å²) in [6, 6.07) is 13.1. The lowest BCUT2D eigenvalue weighted by Gasteiger charge is -2.36. The molecule has 2 aromatic rings. The topological polar surface area (TPSA) is 66.7 Å². The van der Waals surface area contributed by atoms with Gasteiger partial charge in [0.05, 0.1) is 10.7 Å². The molecule has 1 aliphatic rings. The number of nitrogens with zero attached hydrogens (tertiary/aromatic N) is 3. The maximum atomic E-state index is 13.8. The zero-order valence-corrected chi connectivity index (χ0v) is 16.4. The van der Waals surface area contributed by atoms with Crippen molar-refractivity contribution in [3.8, 4) is 0 Å². The van der Waals surface area contributed by atoms with Crippen molar-refractivity contribution in [1.29, 1.82) is 0 Å². The van der Waals surface area contributed by atoms with Crippen molar-refractivity contribution >= 4 is 29.0 Å². The highest BCUT2D eigenvalue weighted by Gasteiger charge is 2.22. The molecule has 0 aliphatic carbocycles. The molecule has 28 heavy (non-hydrogen) atoms. The Kier molecular flexibility index (Phi) is 6.51. The zero-order chi connectivity index (χ0) is 20.1. The molecule has 0 aromatic heterocycles. The third kappa shape index (κ3) is 4.81. The van der Waals surface area contributed by atoms with Gasteiger partial charge in [-0.2, -0.15) is 0 Å². The number of nitro groups is 1. The molecule has 6 nitrogen and oxygen atoms in total. The molecule has 0 bridgehead atoms.